The number of fused-ring (bicyclic) bond motifs is 3. The molecule has 1 aliphatic carbocycles. The minimum absolute atomic E-state index is 0.175. The molecule has 1 fully saturated rings. The van der Waals surface area contributed by atoms with Crippen molar-refractivity contribution in [3.05, 3.63) is 35.4 Å². The summed E-state index contributed by atoms with van der Waals surface area (Å²) in [6.07, 6.45) is 1.91. The summed E-state index contributed by atoms with van der Waals surface area (Å²) in [5, 5.41) is 3.58. The minimum Gasteiger partial charge on any atom is -0.355 e. The van der Waals surface area contributed by atoms with Crippen molar-refractivity contribution in [2.24, 2.45) is 0 Å². The number of benzene rings is 1. The first-order valence-corrected chi connectivity index (χ1v) is 10.1. The summed E-state index contributed by atoms with van der Waals surface area (Å²) < 4.78 is 18.3. The first kappa shape index (κ1) is 14.3. The summed E-state index contributed by atoms with van der Waals surface area (Å²) in [5.74, 6) is 0.360. The van der Waals surface area contributed by atoms with Crippen molar-refractivity contribution in [1.82, 2.24) is 5.32 Å². The van der Waals surface area contributed by atoms with Gasteiger partial charge < -0.3 is 9.30 Å². The second kappa shape index (κ2) is 4.69. The summed E-state index contributed by atoms with van der Waals surface area (Å²) >= 11 is 0. The zero-order valence-corrected chi connectivity index (χ0v) is 13.6. The van der Waals surface area contributed by atoms with Gasteiger partial charge in [0, 0.05) is 12.1 Å². The number of hydrogen-bond donors (Lipinski definition) is 1. The van der Waals surface area contributed by atoms with Crippen LogP contribution < -0.4 is 5.32 Å². The molecule has 20 heavy (non-hydrogen) atoms. The van der Waals surface area contributed by atoms with Gasteiger partial charge in [0.15, 0.2) is 0 Å². The van der Waals surface area contributed by atoms with Crippen LogP contribution in [0.3, 0.4) is 0 Å². The van der Waals surface area contributed by atoms with E-state index < -0.39 is 7.14 Å². The molecule has 3 nitrogen and oxygen atoms in total. The Balaban J connectivity index is 1.90. The molecule has 0 spiro atoms. The van der Waals surface area contributed by atoms with Crippen LogP contribution in [0.25, 0.3) is 0 Å². The summed E-state index contributed by atoms with van der Waals surface area (Å²) in [4.78, 5) is 0. The smallest absolute Gasteiger partial charge is 0.114 e. The Labute approximate surface area is 121 Å². The third-order valence-corrected chi connectivity index (χ3v) is 5.70. The second-order valence-corrected chi connectivity index (χ2v) is 10.6. The largest absolute Gasteiger partial charge is 0.355 e. The molecule has 2 aliphatic rings. The lowest BCUT2D eigenvalue weighted by molar-refractivity contribution is -0.0337. The van der Waals surface area contributed by atoms with E-state index in [0.717, 1.165) is 12.6 Å². The maximum atomic E-state index is 12.0. The molecule has 1 unspecified atom stereocenters. The van der Waals surface area contributed by atoms with Gasteiger partial charge in [0.1, 0.15) is 5.72 Å². The van der Waals surface area contributed by atoms with E-state index in [2.05, 4.69) is 43.4 Å². The van der Waals surface area contributed by atoms with Crippen LogP contribution in [-0.2, 0) is 9.30 Å². The minimum atomic E-state index is -1.97. The van der Waals surface area contributed by atoms with Crippen LogP contribution in [0.1, 0.15) is 43.4 Å². The van der Waals surface area contributed by atoms with Crippen molar-refractivity contribution in [1.29, 1.82) is 0 Å². The first-order valence-electron chi connectivity index (χ1n) is 7.35. The first-order chi connectivity index (χ1) is 9.27. The molecular formula is C16H24NO2P. The van der Waals surface area contributed by atoms with Crippen LogP contribution in [0, 0.1) is 0 Å². The van der Waals surface area contributed by atoms with E-state index in [9.17, 15) is 4.57 Å². The van der Waals surface area contributed by atoms with Crippen molar-refractivity contribution in [3.8, 4) is 0 Å². The van der Waals surface area contributed by atoms with E-state index in [-0.39, 0.29) is 17.9 Å². The van der Waals surface area contributed by atoms with Gasteiger partial charge in [-0.3, -0.25) is 5.32 Å². The SMILES string of the molecule is CC1(C)N[C@H]2c3ccccc3C(CCP(C)(C)=O)[C@H]2O1. The highest BCUT2D eigenvalue weighted by molar-refractivity contribution is 7.62. The molecule has 1 aliphatic heterocycles. The lowest BCUT2D eigenvalue weighted by atomic mass is 9.97. The lowest BCUT2D eigenvalue weighted by Gasteiger charge is -2.24. The molecule has 1 aromatic carbocycles. The third-order valence-electron chi connectivity index (χ3n) is 4.37. The standard InChI is InChI=1S/C16H24NO2P/c1-16(2)17-14-12-8-6-5-7-11(12)13(15(14)19-16)9-10-20(3,4)18/h5-8,13-15,17H,9-10H2,1-4H3/t13?,14-,15+/m0/s1. The Morgan fingerprint density at radius 3 is 2.55 bits per heavy atom. The molecule has 1 aromatic rings. The lowest BCUT2D eigenvalue weighted by Crippen LogP contribution is -2.35. The number of hydrogen-bond acceptors (Lipinski definition) is 3. The second-order valence-electron chi connectivity index (χ2n) is 7.04. The summed E-state index contributed by atoms with van der Waals surface area (Å²) in [5.41, 5.74) is 2.46. The molecule has 0 amide bonds. The molecule has 0 radical (unpaired) electrons. The molecule has 1 heterocycles. The van der Waals surface area contributed by atoms with Gasteiger partial charge >= 0.3 is 0 Å². The van der Waals surface area contributed by atoms with Gasteiger partial charge in [-0.05, 0) is 44.7 Å². The zero-order chi connectivity index (χ0) is 14.5. The van der Waals surface area contributed by atoms with Crippen LogP contribution in [0.15, 0.2) is 24.3 Å². The highest BCUT2D eigenvalue weighted by atomic mass is 31.2. The number of rotatable bonds is 3. The topological polar surface area (TPSA) is 38.3 Å². The summed E-state index contributed by atoms with van der Waals surface area (Å²) in [7, 11) is -1.97. The van der Waals surface area contributed by atoms with Crippen molar-refractivity contribution >= 4 is 7.14 Å². The molecule has 1 N–H and O–H groups in total. The number of nitrogens with one attached hydrogen (secondary N) is 1. The molecule has 0 bridgehead atoms. The quantitative estimate of drug-likeness (QED) is 0.866. The van der Waals surface area contributed by atoms with Crippen LogP contribution >= 0.6 is 7.14 Å². The monoisotopic (exact) mass is 293 g/mol. The van der Waals surface area contributed by atoms with E-state index in [1.807, 2.05) is 13.3 Å². The van der Waals surface area contributed by atoms with E-state index in [1.165, 1.54) is 11.1 Å². The van der Waals surface area contributed by atoms with E-state index >= 15 is 0 Å². The molecule has 110 valence electrons. The maximum Gasteiger partial charge on any atom is 0.114 e. The van der Waals surface area contributed by atoms with Gasteiger partial charge in [-0.15, -0.1) is 0 Å². The van der Waals surface area contributed by atoms with Gasteiger partial charge in [0.2, 0.25) is 0 Å². The molecule has 3 rings (SSSR count). The van der Waals surface area contributed by atoms with Crippen molar-refractivity contribution in [2.75, 3.05) is 19.5 Å². The van der Waals surface area contributed by atoms with Gasteiger partial charge in [-0.25, -0.2) is 0 Å². The van der Waals surface area contributed by atoms with Gasteiger partial charge in [-0.2, -0.15) is 0 Å². The average molecular weight is 293 g/mol. The average Bonchev–Trinajstić information content (AvgIpc) is 2.77. The summed E-state index contributed by atoms with van der Waals surface area (Å²) in [6.45, 7) is 7.91. The van der Waals surface area contributed by atoms with Crippen LogP contribution in [0.5, 0.6) is 0 Å². The third kappa shape index (κ3) is 2.59. The Morgan fingerprint density at radius 2 is 1.90 bits per heavy atom. The van der Waals surface area contributed by atoms with Gasteiger partial charge in [0.25, 0.3) is 0 Å². The molecule has 0 saturated carbocycles. The highest BCUT2D eigenvalue weighted by Gasteiger charge is 2.50. The molecule has 3 atom stereocenters. The number of ether oxygens (including phenoxy) is 1. The van der Waals surface area contributed by atoms with Gasteiger partial charge in [-0.1, -0.05) is 24.3 Å². The Kier molecular flexibility index (Phi) is 3.36. The van der Waals surface area contributed by atoms with Crippen LogP contribution in [0.4, 0.5) is 0 Å². The van der Waals surface area contributed by atoms with Crippen molar-refractivity contribution in [2.45, 2.75) is 44.1 Å². The van der Waals surface area contributed by atoms with Crippen LogP contribution in [0.2, 0.25) is 0 Å². The van der Waals surface area contributed by atoms with Crippen molar-refractivity contribution < 1.29 is 9.30 Å². The van der Waals surface area contributed by atoms with Gasteiger partial charge in [0.05, 0.1) is 19.3 Å². The Morgan fingerprint density at radius 1 is 1.25 bits per heavy atom. The fraction of sp³-hybridized carbons (Fsp3) is 0.625. The fourth-order valence-corrected chi connectivity index (χ4v) is 4.45. The predicted octanol–water partition coefficient (Wildman–Crippen LogP) is 3.56. The summed E-state index contributed by atoms with van der Waals surface area (Å²) in [6, 6.07) is 8.86. The molecule has 1 saturated heterocycles. The molecular weight excluding hydrogens is 269 g/mol. The highest BCUT2D eigenvalue weighted by Crippen LogP contribution is 2.51. The van der Waals surface area contributed by atoms with E-state index in [1.54, 1.807) is 0 Å². The van der Waals surface area contributed by atoms with E-state index in [4.69, 9.17) is 4.74 Å². The predicted molar refractivity (Wildman–Crippen MR) is 83.0 cm³/mol. The fourth-order valence-electron chi connectivity index (χ4n) is 3.55. The Bertz CT molecular complexity index is 563. The van der Waals surface area contributed by atoms with Crippen molar-refractivity contribution in [3.63, 3.8) is 0 Å². The Hall–Kier alpha value is -0.630. The maximum absolute atomic E-state index is 12.0. The van der Waals surface area contributed by atoms with E-state index in [0.29, 0.717) is 5.92 Å². The zero-order valence-electron chi connectivity index (χ0n) is 12.7. The molecule has 4 heteroatoms. The molecule has 0 aromatic heterocycles. The van der Waals surface area contributed by atoms with Crippen LogP contribution in [-0.4, -0.2) is 31.3 Å². The normalized spacial score (nSPS) is 31.1.